The first kappa shape index (κ1) is 17.1. The van der Waals surface area contributed by atoms with Crippen LogP contribution in [-0.2, 0) is 0 Å². The van der Waals surface area contributed by atoms with Gasteiger partial charge in [0.25, 0.3) is 0 Å². The van der Waals surface area contributed by atoms with Crippen molar-refractivity contribution < 1.29 is 0 Å². The second-order valence-corrected chi connectivity index (χ2v) is 2.63. The van der Waals surface area contributed by atoms with Gasteiger partial charge in [0.2, 0.25) is 0 Å². The van der Waals surface area contributed by atoms with Gasteiger partial charge in [-0.2, -0.15) is 0 Å². The Kier molecular flexibility index (Phi) is 14.6. The quantitative estimate of drug-likeness (QED) is 0.625. The second-order valence-electron chi connectivity index (χ2n) is 2.63. The number of nitrogens with zero attached hydrogens (tertiary/aromatic N) is 2. The summed E-state index contributed by atoms with van der Waals surface area (Å²) in [5.41, 5.74) is 1.14. The standard InChI is InChI=1S/C7H6N2.C3H8.2C2H6/c1-2-4-9-6-8-5-7(9)3-1;1-3-2;2*1-2/h1-6H;3H2,1-2H3;2*1-2H3. The Balaban J connectivity index is 0. The van der Waals surface area contributed by atoms with E-state index in [2.05, 4.69) is 18.8 Å². The van der Waals surface area contributed by atoms with E-state index in [1.165, 1.54) is 6.42 Å². The summed E-state index contributed by atoms with van der Waals surface area (Å²) in [5, 5.41) is 0. The molecule has 0 aliphatic rings. The van der Waals surface area contributed by atoms with E-state index >= 15 is 0 Å². The molecule has 2 aromatic rings. The predicted octanol–water partition coefficient (Wildman–Crippen LogP) is 4.80. The van der Waals surface area contributed by atoms with Crippen LogP contribution in [0.15, 0.2) is 36.9 Å². The maximum absolute atomic E-state index is 3.96. The minimum Gasteiger partial charge on any atom is -0.306 e. The van der Waals surface area contributed by atoms with Crippen molar-refractivity contribution in [1.29, 1.82) is 0 Å². The largest absolute Gasteiger partial charge is 0.306 e. The minimum atomic E-state index is 1.14. The molecular formula is C14H26N2. The smallest absolute Gasteiger partial charge is 0.0991 e. The van der Waals surface area contributed by atoms with Gasteiger partial charge in [0, 0.05) is 6.20 Å². The van der Waals surface area contributed by atoms with E-state index in [-0.39, 0.29) is 0 Å². The zero-order valence-electron chi connectivity index (χ0n) is 11.6. The maximum Gasteiger partial charge on any atom is 0.0991 e. The SMILES string of the molecule is CC.CC.CCC.c1ccn2cncc2c1. The van der Waals surface area contributed by atoms with Gasteiger partial charge in [-0.1, -0.05) is 54.0 Å². The highest BCUT2D eigenvalue weighted by atomic mass is 15.0. The summed E-state index contributed by atoms with van der Waals surface area (Å²) in [5.74, 6) is 0. The molecule has 0 fully saturated rings. The monoisotopic (exact) mass is 222 g/mol. The van der Waals surface area contributed by atoms with Crippen molar-refractivity contribution in [2.24, 2.45) is 0 Å². The molecule has 2 nitrogen and oxygen atoms in total. The summed E-state index contributed by atoms with van der Waals surface area (Å²) in [6, 6.07) is 6.00. The van der Waals surface area contributed by atoms with Crippen molar-refractivity contribution in [2.75, 3.05) is 0 Å². The molecule has 0 spiro atoms. The van der Waals surface area contributed by atoms with Crippen molar-refractivity contribution in [3.63, 3.8) is 0 Å². The zero-order chi connectivity index (χ0) is 12.8. The Hall–Kier alpha value is -1.31. The van der Waals surface area contributed by atoms with Crippen molar-refractivity contribution >= 4 is 5.52 Å². The number of hydrogen-bond donors (Lipinski definition) is 0. The van der Waals surface area contributed by atoms with E-state index < -0.39 is 0 Å². The molecule has 0 bridgehead atoms. The molecule has 0 atom stereocenters. The molecule has 2 aromatic heterocycles. The lowest BCUT2D eigenvalue weighted by molar-refractivity contribution is 1.09. The van der Waals surface area contributed by atoms with Gasteiger partial charge in [0.1, 0.15) is 0 Å². The lowest BCUT2D eigenvalue weighted by Gasteiger charge is -1.86. The van der Waals surface area contributed by atoms with Crippen LogP contribution in [0.25, 0.3) is 5.52 Å². The van der Waals surface area contributed by atoms with Crippen molar-refractivity contribution in [3.05, 3.63) is 36.9 Å². The summed E-state index contributed by atoms with van der Waals surface area (Å²) in [6.45, 7) is 12.2. The fraction of sp³-hybridized carbons (Fsp3) is 0.500. The van der Waals surface area contributed by atoms with Crippen LogP contribution in [0, 0.1) is 0 Å². The molecule has 16 heavy (non-hydrogen) atoms. The number of pyridine rings is 1. The van der Waals surface area contributed by atoms with Crippen molar-refractivity contribution in [1.82, 2.24) is 9.38 Å². The lowest BCUT2D eigenvalue weighted by Crippen LogP contribution is -1.75. The van der Waals surface area contributed by atoms with Crippen LogP contribution in [0.2, 0.25) is 0 Å². The number of imidazole rings is 1. The van der Waals surface area contributed by atoms with Crippen molar-refractivity contribution in [2.45, 2.75) is 48.0 Å². The summed E-state index contributed by atoms with van der Waals surface area (Å²) >= 11 is 0. The molecule has 2 heterocycles. The number of aromatic nitrogens is 2. The summed E-state index contributed by atoms with van der Waals surface area (Å²) in [4.78, 5) is 3.96. The normalized spacial score (nSPS) is 7.62. The molecule has 92 valence electrons. The van der Waals surface area contributed by atoms with Gasteiger partial charge in [-0.3, -0.25) is 0 Å². The molecule has 0 aliphatic heterocycles. The highest BCUT2D eigenvalue weighted by molar-refractivity contribution is 5.43. The van der Waals surface area contributed by atoms with E-state index in [1.54, 1.807) is 6.33 Å². The van der Waals surface area contributed by atoms with Gasteiger partial charge < -0.3 is 4.40 Å². The minimum absolute atomic E-state index is 1.14. The molecule has 0 radical (unpaired) electrons. The summed E-state index contributed by atoms with van der Waals surface area (Å²) in [6.07, 6.45) is 6.84. The van der Waals surface area contributed by atoms with Gasteiger partial charge in [0.05, 0.1) is 18.0 Å². The lowest BCUT2D eigenvalue weighted by atomic mass is 10.4. The topological polar surface area (TPSA) is 17.3 Å². The van der Waals surface area contributed by atoms with E-state index in [0.29, 0.717) is 0 Å². The first-order chi connectivity index (χ1) is 7.88. The molecule has 0 N–H and O–H groups in total. The maximum atomic E-state index is 3.96. The Morgan fingerprint density at radius 3 is 2.12 bits per heavy atom. The third-order valence-electron chi connectivity index (χ3n) is 1.32. The van der Waals surface area contributed by atoms with E-state index in [4.69, 9.17) is 0 Å². The van der Waals surface area contributed by atoms with E-state index in [1.807, 2.05) is 62.7 Å². The summed E-state index contributed by atoms with van der Waals surface area (Å²) in [7, 11) is 0. The van der Waals surface area contributed by atoms with Gasteiger partial charge >= 0.3 is 0 Å². The molecular weight excluding hydrogens is 196 g/mol. The van der Waals surface area contributed by atoms with Gasteiger partial charge in [-0.25, -0.2) is 4.98 Å². The summed E-state index contributed by atoms with van der Waals surface area (Å²) < 4.78 is 1.97. The molecule has 0 unspecified atom stereocenters. The molecule has 0 saturated carbocycles. The first-order valence-electron chi connectivity index (χ1n) is 6.25. The van der Waals surface area contributed by atoms with Crippen molar-refractivity contribution in [3.8, 4) is 0 Å². The van der Waals surface area contributed by atoms with Crippen LogP contribution in [0.5, 0.6) is 0 Å². The zero-order valence-corrected chi connectivity index (χ0v) is 11.6. The molecule has 0 amide bonds. The highest BCUT2D eigenvalue weighted by Gasteiger charge is 1.85. The Morgan fingerprint density at radius 1 is 1.06 bits per heavy atom. The van der Waals surface area contributed by atoms with Gasteiger partial charge in [0.15, 0.2) is 0 Å². The Bertz CT molecular complexity index is 296. The fourth-order valence-electron chi connectivity index (χ4n) is 0.865. The molecule has 0 saturated heterocycles. The van der Waals surface area contributed by atoms with Crippen LogP contribution < -0.4 is 0 Å². The van der Waals surface area contributed by atoms with Crippen LogP contribution >= 0.6 is 0 Å². The number of rotatable bonds is 0. The Morgan fingerprint density at radius 2 is 1.62 bits per heavy atom. The van der Waals surface area contributed by atoms with Crippen LogP contribution in [-0.4, -0.2) is 9.38 Å². The third-order valence-corrected chi connectivity index (χ3v) is 1.32. The van der Waals surface area contributed by atoms with Gasteiger partial charge in [-0.05, 0) is 12.1 Å². The molecule has 2 rings (SSSR count). The van der Waals surface area contributed by atoms with Crippen LogP contribution in [0.3, 0.4) is 0 Å². The molecule has 0 aromatic carbocycles. The molecule has 2 heteroatoms. The molecule has 0 aliphatic carbocycles. The first-order valence-corrected chi connectivity index (χ1v) is 6.25. The van der Waals surface area contributed by atoms with E-state index in [0.717, 1.165) is 5.52 Å². The number of hydrogen-bond acceptors (Lipinski definition) is 1. The van der Waals surface area contributed by atoms with E-state index in [9.17, 15) is 0 Å². The fourth-order valence-corrected chi connectivity index (χ4v) is 0.865. The highest BCUT2D eigenvalue weighted by Crippen LogP contribution is 1.98. The third kappa shape index (κ3) is 7.04. The second kappa shape index (κ2) is 13.7. The number of fused-ring (bicyclic) bond motifs is 1. The van der Waals surface area contributed by atoms with Crippen LogP contribution in [0.4, 0.5) is 0 Å². The van der Waals surface area contributed by atoms with Crippen LogP contribution in [0.1, 0.15) is 48.0 Å². The predicted molar refractivity (Wildman–Crippen MR) is 73.9 cm³/mol. The average molecular weight is 222 g/mol. The Labute approximate surface area is 100 Å². The van der Waals surface area contributed by atoms with Gasteiger partial charge in [-0.15, -0.1) is 0 Å². The average Bonchev–Trinajstić information content (AvgIpc) is 2.83.